The van der Waals surface area contributed by atoms with Gasteiger partial charge in [0, 0.05) is 0 Å². The van der Waals surface area contributed by atoms with Crippen molar-refractivity contribution in [1.29, 1.82) is 0 Å². The van der Waals surface area contributed by atoms with E-state index in [2.05, 4.69) is 0 Å². The Balaban J connectivity index is 2.58. The summed E-state index contributed by atoms with van der Waals surface area (Å²) in [6.07, 6.45) is -4.39. The average Bonchev–Trinajstić information content (AvgIpc) is 2.38. The molecule has 0 aromatic heterocycles. The van der Waals surface area contributed by atoms with Crippen molar-refractivity contribution in [2.75, 3.05) is 0 Å². The topological polar surface area (TPSA) is 37.3 Å². The van der Waals surface area contributed by atoms with Crippen LogP contribution in [-0.4, -0.2) is 11.1 Å². The number of aryl methyl sites for hydroxylation is 1. The quantitative estimate of drug-likeness (QED) is 0.872. The molecule has 0 saturated heterocycles. The van der Waals surface area contributed by atoms with Crippen molar-refractivity contribution < 1.29 is 23.1 Å². The van der Waals surface area contributed by atoms with Crippen molar-refractivity contribution in [3.05, 3.63) is 58.7 Å². The molecule has 0 saturated carbocycles. The average molecular weight is 294 g/mol. The van der Waals surface area contributed by atoms with Gasteiger partial charge in [0.05, 0.1) is 11.1 Å². The van der Waals surface area contributed by atoms with Gasteiger partial charge in [-0.2, -0.15) is 13.2 Å². The first-order chi connectivity index (χ1) is 9.71. The van der Waals surface area contributed by atoms with E-state index >= 15 is 0 Å². The first-order valence-electron chi connectivity index (χ1n) is 6.23. The van der Waals surface area contributed by atoms with Gasteiger partial charge in [0.1, 0.15) is 0 Å². The lowest BCUT2D eigenvalue weighted by Crippen LogP contribution is -2.06. The van der Waals surface area contributed by atoms with Crippen LogP contribution in [0, 0.1) is 13.8 Å². The molecule has 1 N–H and O–H groups in total. The maximum atomic E-state index is 12.7. The molecule has 0 fully saturated rings. The van der Waals surface area contributed by atoms with Gasteiger partial charge in [-0.1, -0.05) is 18.2 Å². The molecule has 0 amide bonds. The minimum absolute atomic E-state index is 0.145. The van der Waals surface area contributed by atoms with Gasteiger partial charge in [-0.25, -0.2) is 4.79 Å². The molecular weight excluding hydrogens is 281 g/mol. The number of carbonyl (C=O) groups is 1. The van der Waals surface area contributed by atoms with Crippen LogP contribution in [0.4, 0.5) is 13.2 Å². The fourth-order valence-electron chi connectivity index (χ4n) is 2.30. The third-order valence-electron chi connectivity index (χ3n) is 3.41. The first-order valence-corrected chi connectivity index (χ1v) is 6.23. The van der Waals surface area contributed by atoms with E-state index in [0.29, 0.717) is 22.3 Å². The van der Waals surface area contributed by atoms with Crippen LogP contribution in [0.1, 0.15) is 27.0 Å². The van der Waals surface area contributed by atoms with Crippen molar-refractivity contribution in [3.8, 4) is 11.1 Å². The zero-order chi connectivity index (χ0) is 15.8. The smallest absolute Gasteiger partial charge is 0.416 e. The zero-order valence-electron chi connectivity index (χ0n) is 11.5. The van der Waals surface area contributed by atoms with Gasteiger partial charge >= 0.3 is 12.1 Å². The Hall–Kier alpha value is -2.30. The number of benzene rings is 2. The van der Waals surface area contributed by atoms with Crippen LogP contribution >= 0.6 is 0 Å². The third-order valence-corrected chi connectivity index (χ3v) is 3.41. The molecule has 0 bridgehead atoms. The molecule has 0 unspecified atom stereocenters. The predicted molar refractivity (Wildman–Crippen MR) is 73.3 cm³/mol. The van der Waals surface area contributed by atoms with E-state index in [-0.39, 0.29) is 5.56 Å². The second-order valence-corrected chi connectivity index (χ2v) is 4.81. The molecule has 2 nitrogen and oxygen atoms in total. The minimum atomic E-state index is -4.39. The largest absolute Gasteiger partial charge is 0.478 e. The maximum Gasteiger partial charge on any atom is 0.416 e. The van der Waals surface area contributed by atoms with Gasteiger partial charge < -0.3 is 5.11 Å². The van der Waals surface area contributed by atoms with E-state index in [1.807, 2.05) is 0 Å². The fraction of sp³-hybridized carbons (Fsp3) is 0.188. The van der Waals surface area contributed by atoms with Crippen molar-refractivity contribution >= 4 is 5.97 Å². The van der Waals surface area contributed by atoms with Crippen LogP contribution < -0.4 is 0 Å². The molecule has 2 aromatic carbocycles. The number of hydrogen-bond donors (Lipinski definition) is 1. The molecule has 0 heterocycles. The molecule has 0 aliphatic rings. The highest BCUT2D eigenvalue weighted by Crippen LogP contribution is 2.34. The summed E-state index contributed by atoms with van der Waals surface area (Å²) in [7, 11) is 0. The van der Waals surface area contributed by atoms with Crippen LogP contribution in [0.3, 0.4) is 0 Å². The second-order valence-electron chi connectivity index (χ2n) is 4.81. The molecule has 2 aromatic rings. The summed E-state index contributed by atoms with van der Waals surface area (Å²) in [5.74, 6) is -1.06. The first kappa shape index (κ1) is 15.1. The van der Waals surface area contributed by atoms with Crippen LogP contribution in [0.15, 0.2) is 36.4 Å². The molecule has 0 aliphatic carbocycles. The van der Waals surface area contributed by atoms with Crippen molar-refractivity contribution in [2.24, 2.45) is 0 Å². The van der Waals surface area contributed by atoms with Crippen molar-refractivity contribution in [3.63, 3.8) is 0 Å². The molecule has 5 heteroatoms. The summed E-state index contributed by atoms with van der Waals surface area (Å²) in [4.78, 5) is 11.1. The molecule has 110 valence electrons. The number of carboxylic acids is 1. The highest BCUT2D eigenvalue weighted by molar-refractivity contribution is 5.92. The summed E-state index contributed by atoms with van der Waals surface area (Å²) < 4.78 is 38.0. The van der Waals surface area contributed by atoms with Crippen LogP contribution in [0.5, 0.6) is 0 Å². The number of aromatic carboxylic acids is 1. The Morgan fingerprint density at radius 2 is 1.71 bits per heavy atom. The number of halogens is 3. The Kier molecular flexibility index (Phi) is 3.77. The lowest BCUT2D eigenvalue weighted by atomic mass is 9.92. The predicted octanol–water partition coefficient (Wildman–Crippen LogP) is 4.69. The van der Waals surface area contributed by atoms with E-state index in [4.69, 9.17) is 5.11 Å². The Labute approximate surface area is 119 Å². The molecule has 2 rings (SSSR count). The van der Waals surface area contributed by atoms with Crippen molar-refractivity contribution in [2.45, 2.75) is 20.0 Å². The normalized spacial score (nSPS) is 11.5. The highest BCUT2D eigenvalue weighted by atomic mass is 19.4. The summed E-state index contributed by atoms with van der Waals surface area (Å²) >= 11 is 0. The van der Waals surface area contributed by atoms with Gasteiger partial charge in [0.25, 0.3) is 0 Å². The Bertz CT molecular complexity index is 703. The van der Waals surface area contributed by atoms with Crippen LogP contribution in [-0.2, 0) is 6.18 Å². The van der Waals surface area contributed by atoms with Gasteiger partial charge in [0.2, 0.25) is 0 Å². The molecular formula is C16H13F3O2. The number of carboxylic acid groups (broad SMARTS) is 1. The van der Waals surface area contributed by atoms with Crippen LogP contribution in [0.2, 0.25) is 0 Å². The lowest BCUT2D eigenvalue weighted by molar-refractivity contribution is -0.137. The molecule has 0 radical (unpaired) electrons. The van der Waals surface area contributed by atoms with E-state index in [1.54, 1.807) is 26.0 Å². The van der Waals surface area contributed by atoms with Gasteiger partial charge in [-0.15, -0.1) is 0 Å². The number of rotatable bonds is 2. The molecule has 0 aliphatic heterocycles. The van der Waals surface area contributed by atoms with E-state index < -0.39 is 17.7 Å². The lowest BCUT2D eigenvalue weighted by Gasteiger charge is -2.14. The second kappa shape index (κ2) is 5.24. The Morgan fingerprint density at radius 1 is 1.05 bits per heavy atom. The third kappa shape index (κ3) is 2.91. The summed E-state index contributed by atoms with van der Waals surface area (Å²) in [6, 6.07) is 8.23. The van der Waals surface area contributed by atoms with E-state index in [9.17, 15) is 18.0 Å². The molecule has 0 spiro atoms. The van der Waals surface area contributed by atoms with Crippen molar-refractivity contribution in [1.82, 2.24) is 0 Å². The molecule has 21 heavy (non-hydrogen) atoms. The summed E-state index contributed by atoms with van der Waals surface area (Å²) in [5.41, 5.74) is 1.65. The minimum Gasteiger partial charge on any atom is -0.478 e. The van der Waals surface area contributed by atoms with E-state index in [1.165, 1.54) is 12.1 Å². The zero-order valence-corrected chi connectivity index (χ0v) is 11.5. The van der Waals surface area contributed by atoms with Gasteiger partial charge in [0.15, 0.2) is 0 Å². The fourth-order valence-corrected chi connectivity index (χ4v) is 2.30. The monoisotopic (exact) mass is 294 g/mol. The Morgan fingerprint density at radius 3 is 2.24 bits per heavy atom. The van der Waals surface area contributed by atoms with Gasteiger partial charge in [-0.3, -0.25) is 0 Å². The van der Waals surface area contributed by atoms with E-state index in [0.717, 1.165) is 12.1 Å². The maximum absolute atomic E-state index is 12.7. The standard InChI is InChI=1S/C16H13F3O2/c1-9-8-11(16(17,18)19)6-7-12(9)13-4-3-5-14(10(13)2)15(20)21/h3-8H,1-2H3,(H,20,21). The summed E-state index contributed by atoms with van der Waals surface area (Å²) in [6.45, 7) is 3.23. The molecule has 0 atom stereocenters. The van der Waals surface area contributed by atoms with Crippen LogP contribution in [0.25, 0.3) is 11.1 Å². The number of alkyl halides is 3. The highest BCUT2D eigenvalue weighted by Gasteiger charge is 2.30. The SMILES string of the molecule is Cc1cc(C(F)(F)F)ccc1-c1cccc(C(=O)O)c1C. The van der Waals surface area contributed by atoms with Gasteiger partial charge in [-0.05, 0) is 54.3 Å². The summed E-state index contributed by atoms with van der Waals surface area (Å²) in [5, 5.41) is 9.11. The number of hydrogen-bond acceptors (Lipinski definition) is 1.